The van der Waals surface area contributed by atoms with E-state index in [1.165, 1.54) is 38.5 Å². The van der Waals surface area contributed by atoms with Gasteiger partial charge >= 0.3 is 0 Å². The van der Waals surface area contributed by atoms with Crippen LogP contribution in [0.1, 0.15) is 51.0 Å². The molecule has 0 aromatic heterocycles. The van der Waals surface area contributed by atoms with Crippen LogP contribution in [0.15, 0.2) is 18.2 Å². The van der Waals surface area contributed by atoms with Crippen molar-refractivity contribution >= 4 is 23.2 Å². The highest BCUT2D eigenvalue weighted by atomic mass is 35.5. The van der Waals surface area contributed by atoms with E-state index < -0.39 is 0 Å². The molecular formula is C16H23Cl2N. The van der Waals surface area contributed by atoms with Crippen LogP contribution in [0, 0.1) is 5.92 Å². The standard InChI is InChI=1S/C16H23Cl2N/c1-12(13-7-4-2-3-5-8-13)19-11-14-15(17)9-6-10-16(14)18/h6,9-10,12-13,19H,2-5,7-8,11H2,1H3/t12-/m0/s1. The quantitative estimate of drug-likeness (QED) is 0.730. The summed E-state index contributed by atoms with van der Waals surface area (Å²) in [6.07, 6.45) is 8.26. The Bertz CT molecular complexity index is 377. The Morgan fingerprint density at radius 2 is 1.68 bits per heavy atom. The predicted octanol–water partition coefficient (Wildman–Crippen LogP) is 5.44. The van der Waals surface area contributed by atoms with E-state index in [9.17, 15) is 0 Å². The summed E-state index contributed by atoms with van der Waals surface area (Å²) in [4.78, 5) is 0. The first kappa shape index (κ1) is 15.2. The molecule has 0 unspecified atom stereocenters. The van der Waals surface area contributed by atoms with Crippen molar-refractivity contribution in [1.29, 1.82) is 0 Å². The lowest BCUT2D eigenvalue weighted by atomic mass is 9.93. The van der Waals surface area contributed by atoms with E-state index in [4.69, 9.17) is 23.2 Å². The first-order valence-corrected chi connectivity index (χ1v) is 8.10. The summed E-state index contributed by atoms with van der Waals surface area (Å²) in [5.41, 5.74) is 1.02. The van der Waals surface area contributed by atoms with Crippen LogP contribution in [0.3, 0.4) is 0 Å². The lowest BCUT2D eigenvalue weighted by Crippen LogP contribution is -2.33. The molecule has 1 aliphatic rings. The fraction of sp³-hybridized carbons (Fsp3) is 0.625. The van der Waals surface area contributed by atoms with Crippen molar-refractivity contribution in [3.05, 3.63) is 33.8 Å². The van der Waals surface area contributed by atoms with E-state index in [-0.39, 0.29) is 0 Å². The number of nitrogens with one attached hydrogen (secondary N) is 1. The highest BCUT2D eigenvalue weighted by Crippen LogP contribution is 2.27. The highest BCUT2D eigenvalue weighted by Gasteiger charge is 2.19. The van der Waals surface area contributed by atoms with E-state index in [0.29, 0.717) is 6.04 Å². The van der Waals surface area contributed by atoms with Gasteiger partial charge in [0.25, 0.3) is 0 Å². The summed E-state index contributed by atoms with van der Waals surface area (Å²) < 4.78 is 0. The fourth-order valence-electron chi connectivity index (χ4n) is 2.94. The molecule has 3 heteroatoms. The van der Waals surface area contributed by atoms with E-state index in [2.05, 4.69) is 12.2 Å². The summed E-state index contributed by atoms with van der Waals surface area (Å²) in [6, 6.07) is 6.23. The normalized spacial score (nSPS) is 19.1. The number of hydrogen-bond acceptors (Lipinski definition) is 1. The molecule has 1 atom stereocenters. The molecule has 1 N–H and O–H groups in total. The van der Waals surface area contributed by atoms with Crippen molar-refractivity contribution in [2.75, 3.05) is 0 Å². The molecule has 1 saturated carbocycles. The maximum absolute atomic E-state index is 6.20. The SMILES string of the molecule is C[C@H](NCc1c(Cl)cccc1Cl)C1CCCCCC1. The van der Waals surface area contributed by atoms with Crippen molar-refractivity contribution in [3.63, 3.8) is 0 Å². The Balaban J connectivity index is 1.90. The number of benzene rings is 1. The molecule has 1 aromatic rings. The van der Waals surface area contributed by atoms with Crippen LogP contribution >= 0.6 is 23.2 Å². The Labute approximate surface area is 126 Å². The molecule has 1 aromatic carbocycles. The Hall–Kier alpha value is -0.240. The Morgan fingerprint density at radius 1 is 1.11 bits per heavy atom. The van der Waals surface area contributed by atoms with Gasteiger partial charge in [0.2, 0.25) is 0 Å². The van der Waals surface area contributed by atoms with Crippen LogP contribution in [0.5, 0.6) is 0 Å². The second kappa shape index (κ2) is 7.52. The molecule has 0 aliphatic heterocycles. The predicted molar refractivity (Wildman–Crippen MR) is 84.0 cm³/mol. The van der Waals surface area contributed by atoms with Gasteiger partial charge in [-0.05, 0) is 37.8 Å². The third-order valence-corrected chi connectivity index (χ3v) is 4.98. The van der Waals surface area contributed by atoms with Gasteiger partial charge < -0.3 is 5.32 Å². The van der Waals surface area contributed by atoms with Gasteiger partial charge in [0.05, 0.1) is 0 Å². The second-order valence-corrected chi connectivity index (χ2v) is 6.44. The minimum Gasteiger partial charge on any atom is -0.310 e. The molecule has 0 saturated heterocycles. The third-order valence-electron chi connectivity index (χ3n) is 4.27. The largest absolute Gasteiger partial charge is 0.310 e. The molecule has 0 heterocycles. The van der Waals surface area contributed by atoms with Gasteiger partial charge in [-0.3, -0.25) is 0 Å². The minimum absolute atomic E-state index is 0.533. The molecule has 0 bridgehead atoms. The number of hydrogen-bond donors (Lipinski definition) is 1. The lowest BCUT2D eigenvalue weighted by Gasteiger charge is -2.24. The molecular weight excluding hydrogens is 277 g/mol. The average molecular weight is 300 g/mol. The molecule has 1 nitrogen and oxygen atoms in total. The maximum Gasteiger partial charge on any atom is 0.0465 e. The van der Waals surface area contributed by atoms with Gasteiger partial charge in [-0.25, -0.2) is 0 Å². The topological polar surface area (TPSA) is 12.0 Å². The Kier molecular flexibility index (Phi) is 6.00. The second-order valence-electron chi connectivity index (χ2n) is 5.62. The van der Waals surface area contributed by atoms with E-state index >= 15 is 0 Å². The highest BCUT2D eigenvalue weighted by molar-refractivity contribution is 6.35. The molecule has 106 valence electrons. The molecule has 0 radical (unpaired) electrons. The minimum atomic E-state index is 0.533. The first-order valence-electron chi connectivity index (χ1n) is 7.34. The summed E-state index contributed by atoms with van der Waals surface area (Å²) in [5, 5.41) is 5.12. The maximum atomic E-state index is 6.20. The van der Waals surface area contributed by atoms with Crippen molar-refractivity contribution in [2.24, 2.45) is 5.92 Å². The molecule has 19 heavy (non-hydrogen) atoms. The zero-order valence-corrected chi connectivity index (χ0v) is 13.1. The summed E-state index contributed by atoms with van der Waals surface area (Å²) in [7, 11) is 0. The van der Waals surface area contributed by atoms with Crippen LogP contribution in [-0.2, 0) is 6.54 Å². The first-order chi connectivity index (χ1) is 9.18. The zero-order chi connectivity index (χ0) is 13.7. The van der Waals surface area contributed by atoms with Crippen molar-refractivity contribution < 1.29 is 0 Å². The molecule has 0 amide bonds. The van der Waals surface area contributed by atoms with E-state index in [0.717, 1.165) is 28.1 Å². The van der Waals surface area contributed by atoms with Gasteiger partial charge in [0.1, 0.15) is 0 Å². The van der Waals surface area contributed by atoms with Crippen LogP contribution in [0.2, 0.25) is 10.0 Å². The van der Waals surface area contributed by atoms with Gasteiger partial charge in [0.15, 0.2) is 0 Å². The van der Waals surface area contributed by atoms with Gasteiger partial charge in [0, 0.05) is 28.2 Å². The van der Waals surface area contributed by atoms with Crippen molar-refractivity contribution in [2.45, 2.75) is 58.0 Å². The molecule has 0 spiro atoms. The Morgan fingerprint density at radius 3 is 2.26 bits per heavy atom. The average Bonchev–Trinajstić information content (AvgIpc) is 2.66. The number of rotatable bonds is 4. The fourth-order valence-corrected chi connectivity index (χ4v) is 3.47. The van der Waals surface area contributed by atoms with Crippen molar-refractivity contribution in [1.82, 2.24) is 5.32 Å². The van der Waals surface area contributed by atoms with E-state index in [1.54, 1.807) is 0 Å². The summed E-state index contributed by atoms with van der Waals surface area (Å²) in [6.45, 7) is 3.05. The van der Waals surface area contributed by atoms with Gasteiger partial charge in [-0.1, -0.05) is 55.0 Å². The van der Waals surface area contributed by atoms with Gasteiger partial charge in [-0.2, -0.15) is 0 Å². The van der Waals surface area contributed by atoms with Crippen LogP contribution in [-0.4, -0.2) is 6.04 Å². The van der Waals surface area contributed by atoms with E-state index in [1.807, 2.05) is 18.2 Å². The van der Waals surface area contributed by atoms with Crippen LogP contribution < -0.4 is 5.32 Å². The molecule has 2 rings (SSSR count). The lowest BCUT2D eigenvalue weighted by molar-refractivity contribution is 0.337. The number of halogens is 2. The van der Waals surface area contributed by atoms with Crippen LogP contribution in [0.25, 0.3) is 0 Å². The smallest absolute Gasteiger partial charge is 0.0465 e. The third kappa shape index (κ3) is 4.37. The van der Waals surface area contributed by atoms with Gasteiger partial charge in [-0.15, -0.1) is 0 Å². The molecule has 1 aliphatic carbocycles. The molecule has 1 fully saturated rings. The van der Waals surface area contributed by atoms with Crippen molar-refractivity contribution in [3.8, 4) is 0 Å². The van der Waals surface area contributed by atoms with Crippen LogP contribution in [0.4, 0.5) is 0 Å². The zero-order valence-electron chi connectivity index (χ0n) is 11.6. The summed E-state index contributed by atoms with van der Waals surface area (Å²) >= 11 is 12.4. The monoisotopic (exact) mass is 299 g/mol. The summed E-state index contributed by atoms with van der Waals surface area (Å²) in [5.74, 6) is 0.795.